The Morgan fingerprint density at radius 2 is 1.94 bits per heavy atom. The van der Waals surface area contributed by atoms with Crippen LogP contribution < -0.4 is 10.6 Å². The summed E-state index contributed by atoms with van der Waals surface area (Å²) >= 11 is 2.15. The molecule has 1 aliphatic heterocycles. The number of hydrogen-bond donors (Lipinski definition) is 2. The lowest BCUT2D eigenvalue weighted by Gasteiger charge is -2.21. The number of carbonyl (C=O) groups is 3. The van der Waals surface area contributed by atoms with Crippen LogP contribution in [0, 0.1) is 3.57 Å². The maximum atomic E-state index is 11.9. The molecule has 2 N–H and O–H groups in total. The highest BCUT2D eigenvalue weighted by Gasteiger charge is 2.27. The van der Waals surface area contributed by atoms with Crippen LogP contribution in [0.15, 0.2) is 24.3 Å². The molecule has 1 atom stereocenters. The fourth-order valence-electron chi connectivity index (χ4n) is 1.67. The minimum Gasteiger partial charge on any atom is -0.340 e. The molecule has 1 fully saturated rings. The molecule has 1 saturated heterocycles. The standard InChI is InChI=1S/C12H11IN2O3/c13-8-3-1-7(2-4-8)11(17)14-9-5-6-10(16)15-12(9)18/h1-4,9H,5-6H2,(H,14,17)(H,15,16,18). The summed E-state index contributed by atoms with van der Waals surface area (Å²) in [5.74, 6) is -1.04. The van der Waals surface area contributed by atoms with E-state index in [-0.39, 0.29) is 18.2 Å². The molecule has 0 radical (unpaired) electrons. The van der Waals surface area contributed by atoms with E-state index in [2.05, 4.69) is 33.2 Å². The molecule has 0 aromatic heterocycles. The summed E-state index contributed by atoms with van der Waals surface area (Å²) in [6.07, 6.45) is 0.601. The number of amides is 3. The van der Waals surface area contributed by atoms with E-state index in [0.29, 0.717) is 12.0 Å². The molecule has 0 bridgehead atoms. The summed E-state index contributed by atoms with van der Waals surface area (Å²) in [4.78, 5) is 34.3. The van der Waals surface area contributed by atoms with Crippen LogP contribution in [0.4, 0.5) is 0 Å². The fraction of sp³-hybridized carbons (Fsp3) is 0.250. The Hall–Kier alpha value is -1.44. The largest absolute Gasteiger partial charge is 0.340 e. The van der Waals surface area contributed by atoms with Gasteiger partial charge in [0, 0.05) is 15.6 Å². The van der Waals surface area contributed by atoms with Crippen molar-refractivity contribution in [2.45, 2.75) is 18.9 Å². The number of imide groups is 1. The van der Waals surface area contributed by atoms with E-state index in [0.717, 1.165) is 3.57 Å². The Balaban J connectivity index is 2.01. The van der Waals surface area contributed by atoms with E-state index in [1.54, 1.807) is 12.1 Å². The molecule has 3 amide bonds. The molecule has 18 heavy (non-hydrogen) atoms. The van der Waals surface area contributed by atoms with Gasteiger partial charge in [0.1, 0.15) is 6.04 Å². The molecule has 1 aromatic rings. The second kappa shape index (κ2) is 5.47. The third-order valence-corrected chi connectivity index (χ3v) is 3.37. The molecule has 5 nitrogen and oxygen atoms in total. The molecule has 1 aliphatic rings. The number of hydrogen-bond acceptors (Lipinski definition) is 3. The molecule has 1 heterocycles. The summed E-state index contributed by atoms with van der Waals surface area (Å²) in [7, 11) is 0. The Labute approximate surface area is 117 Å². The zero-order chi connectivity index (χ0) is 13.1. The Bertz CT molecular complexity index is 499. The van der Waals surface area contributed by atoms with E-state index in [1.165, 1.54) is 0 Å². The summed E-state index contributed by atoms with van der Waals surface area (Å²) in [6.45, 7) is 0. The Morgan fingerprint density at radius 1 is 1.28 bits per heavy atom. The van der Waals surface area contributed by atoms with Crippen LogP contribution >= 0.6 is 22.6 Å². The number of piperidine rings is 1. The molecule has 0 spiro atoms. The van der Waals surface area contributed by atoms with Gasteiger partial charge in [-0.05, 0) is 53.3 Å². The third-order valence-electron chi connectivity index (χ3n) is 2.65. The van der Waals surface area contributed by atoms with Gasteiger partial charge in [0.25, 0.3) is 5.91 Å². The van der Waals surface area contributed by atoms with Crippen LogP contribution in [-0.2, 0) is 9.59 Å². The summed E-state index contributed by atoms with van der Waals surface area (Å²) in [5, 5.41) is 4.82. The minimum absolute atomic E-state index is 0.253. The Morgan fingerprint density at radius 3 is 2.56 bits per heavy atom. The first-order valence-corrected chi connectivity index (χ1v) is 6.54. The highest BCUT2D eigenvalue weighted by Crippen LogP contribution is 2.09. The van der Waals surface area contributed by atoms with Crippen molar-refractivity contribution in [1.29, 1.82) is 0 Å². The quantitative estimate of drug-likeness (QED) is 0.608. The van der Waals surface area contributed by atoms with E-state index in [4.69, 9.17) is 0 Å². The van der Waals surface area contributed by atoms with Crippen LogP contribution in [-0.4, -0.2) is 23.8 Å². The second-order valence-corrected chi connectivity index (χ2v) is 5.23. The van der Waals surface area contributed by atoms with Crippen LogP contribution in [0.5, 0.6) is 0 Å². The van der Waals surface area contributed by atoms with Crippen molar-refractivity contribution in [3.05, 3.63) is 33.4 Å². The Kier molecular flexibility index (Phi) is 3.95. The van der Waals surface area contributed by atoms with Crippen molar-refractivity contribution >= 4 is 40.3 Å². The maximum Gasteiger partial charge on any atom is 0.251 e. The maximum absolute atomic E-state index is 11.9. The molecule has 94 valence electrons. The molecule has 0 aliphatic carbocycles. The van der Waals surface area contributed by atoms with Crippen molar-refractivity contribution in [2.24, 2.45) is 0 Å². The van der Waals surface area contributed by atoms with Gasteiger partial charge in [-0.1, -0.05) is 0 Å². The van der Waals surface area contributed by atoms with Crippen LogP contribution in [0.3, 0.4) is 0 Å². The average Bonchev–Trinajstić information content (AvgIpc) is 2.33. The van der Waals surface area contributed by atoms with E-state index in [1.807, 2.05) is 12.1 Å². The molecular formula is C12H11IN2O3. The van der Waals surface area contributed by atoms with Crippen LogP contribution in [0.25, 0.3) is 0 Å². The molecule has 6 heteroatoms. The highest BCUT2D eigenvalue weighted by molar-refractivity contribution is 14.1. The lowest BCUT2D eigenvalue weighted by Crippen LogP contribution is -2.52. The number of nitrogens with one attached hydrogen (secondary N) is 2. The SMILES string of the molecule is O=C1CCC(NC(=O)c2ccc(I)cc2)C(=O)N1. The molecule has 2 rings (SSSR count). The van der Waals surface area contributed by atoms with Gasteiger partial charge in [-0.15, -0.1) is 0 Å². The van der Waals surface area contributed by atoms with Gasteiger partial charge in [-0.25, -0.2) is 0 Å². The van der Waals surface area contributed by atoms with Crippen molar-refractivity contribution in [3.63, 3.8) is 0 Å². The smallest absolute Gasteiger partial charge is 0.251 e. The van der Waals surface area contributed by atoms with Gasteiger partial charge in [-0.2, -0.15) is 0 Å². The number of rotatable bonds is 2. The average molecular weight is 358 g/mol. The first kappa shape index (κ1) is 13.0. The zero-order valence-electron chi connectivity index (χ0n) is 9.40. The van der Waals surface area contributed by atoms with Crippen LogP contribution in [0.1, 0.15) is 23.2 Å². The predicted molar refractivity (Wildman–Crippen MR) is 72.8 cm³/mol. The van der Waals surface area contributed by atoms with E-state index >= 15 is 0 Å². The first-order valence-electron chi connectivity index (χ1n) is 5.46. The summed E-state index contributed by atoms with van der Waals surface area (Å²) < 4.78 is 1.03. The molecule has 1 unspecified atom stereocenters. The topological polar surface area (TPSA) is 75.3 Å². The lowest BCUT2D eigenvalue weighted by atomic mass is 10.1. The summed E-state index contributed by atoms with van der Waals surface area (Å²) in [5.41, 5.74) is 0.500. The normalized spacial score (nSPS) is 19.3. The molecule has 0 saturated carbocycles. The highest BCUT2D eigenvalue weighted by atomic mass is 127. The van der Waals surface area contributed by atoms with E-state index < -0.39 is 11.9 Å². The minimum atomic E-state index is -0.630. The van der Waals surface area contributed by atoms with Crippen molar-refractivity contribution in [2.75, 3.05) is 0 Å². The number of benzene rings is 1. The molecular weight excluding hydrogens is 347 g/mol. The van der Waals surface area contributed by atoms with Crippen molar-refractivity contribution in [1.82, 2.24) is 10.6 Å². The lowest BCUT2D eigenvalue weighted by molar-refractivity contribution is -0.134. The van der Waals surface area contributed by atoms with E-state index in [9.17, 15) is 14.4 Å². The van der Waals surface area contributed by atoms with Gasteiger partial charge in [-0.3, -0.25) is 19.7 Å². The third kappa shape index (κ3) is 3.06. The zero-order valence-corrected chi connectivity index (χ0v) is 11.6. The van der Waals surface area contributed by atoms with Gasteiger partial charge in [0.2, 0.25) is 11.8 Å². The number of halogens is 1. The first-order chi connectivity index (χ1) is 8.56. The van der Waals surface area contributed by atoms with Gasteiger partial charge >= 0.3 is 0 Å². The van der Waals surface area contributed by atoms with Gasteiger partial charge in [0.05, 0.1) is 0 Å². The second-order valence-electron chi connectivity index (χ2n) is 3.98. The monoisotopic (exact) mass is 358 g/mol. The van der Waals surface area contributed by atoms with Crippen molar-refractivity contribution < 1.29 is 14.4 Å². The number of carbonyl (C=O) groups excluding carboxylic acids is 3. The predicted octanol–water partition coefficient (Wildman–Crippen LogP) is 0.826. The fourth-order valence-corrected chi connectivity index (χ4v) is 2.03. The summed E-state index contributed by atoms with van der Waals surface area (Å²) in [6, 6.07) is 6.40. The van der Waals surface area contributed by atoms with Crippen LogP contribution in [0.2, 0.25) is 0 Å². The molecule has 1 aromatic carbocycles. The van der Waals surface area contributed by atoms with Gasteiger partial charge in [0.15, 0.2) is 0 Å². The van der Waals surface area contributed by atoms with Crippen molar-refractivity contribution in [3.8, 4) is 0 Å². The van der Waals surface area contributed by atoms with Gasteiger partial charge < -0.3 is 5.32 Å².